The molecule has 4 rings (SSSR count). The molecule has 0 fully saturated rings. The Morgan fingerprint density at radius 1 is 1.08 bits per heavy atom. The fourth-order valence-electron chi connectivity index (χ4n) is 2.30. The van der Waals surface area contributed by atoms with Gasteiger partial charge in [-0.3, -0.25) is 0 Å². The highest BCUT2D eigenvalue weighted by atomic mass is 16.7. The first kappa shape index (κ1) is 14.3. The van der Waals surface area contributed by atoms with Crippen molar-refractivity contribution in [3.05, 3.63) is 47.9 Å². The quantitative estimate of drug-likeness (QED) is 0.739. The molecular weight excluding hydrogens is 310 g/mol. The van der Waals surface area contributed by atoms with Gasteiger partial charge in [-0.1, -0.05) is 11.2 Å². The lowest BCUT2D eigenvalue weighted by Crippen LogP contribution is -2.04. The van der Waals surface area contributed by atoms with Crippen molar-refractivity contribution in [3.63, 3.8) is 0 Å². The van der Waals surface area contributed by atoms with Gasteiger partial charge in [-0.25, -0.2) is 4.98 Å². The molecule has 0 aliphatic carbocycles. The van der Waals surface area contributed by atoms with Crippen LogP contribution in [0.4, 0.5) is 17.6 Å². The molecule has 0 bridgehead atoms. The number of benzene rings is 1. The second kappa shape index (κ2) is 6.07. The number of hydrogen-bond acceptors (Lipinski definition) is 8. The van der Waals surface area contributed by atoms with Crippen LogP contribution in [-0.4, -0.2) is 21.9 Å². The molecule has 2 N–H and O–H groups in total. The average Bonchev–Trinajstić information content (AvgIpc) is 3.21. The van der Waals surface area contributed by atoms with Gasteiger partial charge < -0.3 is 24.6 Å². The Balaban J connectivity index is 1.42. The van der Waals surface area contributed by atoms with Crippen molar-refractivity contribution in [2.75, 3.05) is 17.4 Å². The zero-order valence-corrected chi connectivity index (χ0v) is 12.9. The third kappa shape index (κ3) is 3.07. The van der Waals surface area contributed by atoms with Gasteiger partial charge >= 0.3 is 0 Å². The molecule has 0 saturated carbocycles. The van der Waals surface area contributed by atoms with Crippen molar-refractivity contribution in [2.24, 2.45) is 0 Å². The second-order valence-corrected chi connectivity index (χ2v) is 5.25. The monoisotopic (exact) mass is 325 g/mol. The summed E-state index contributed by atoms with van der Waals surface area (Å²) >= 11 is 0. The van der Waals surface area contributed by atoms with Gasteiger partial charge in [0.25, 0.3) is 0 Å². The standard InChI is InChI=1S/C16H15N5O3/c1-10-6-15(21-24-10)20-16-17-5-4-14(19-16)18-8-11-2-3-12-13(7-11)23-9-22-12/h2-7H,8-9H2,1H3,(H2,17,18,19,20,21). The molecule has 1 aliphatic heterocycles. The van der Waals surface area contributed by atoms with Crippen LogP contribution in [0, 0.1) is 6.92 Å². The minimum Gasteiger partial charge on any atom is -0.454 e. The lowest BCUT2D eigenvalue weighted by Gasteiger charge is -2.08. The number of nitrogens with one attached hydrogen (secondary N) is 2. The van der Waals surface area contributed by atoms with Gasteiger partial charge in [0.15, 0.2) is 17.3 Å². The maximum Gasteiger partial charge on any atom is 0.231 e. The Morgan fingerprint density at radius 3 is 2.88 bits per heavy atom. The van der Waals surface area contributed by atoms with Gasteiger partial charge in [-0.2, -0.15) is 4.98 Å². The summed E-state index contributed by atoms with van der Waals surface area (Å²) in [6, 6.07) is 9.41. The van der Waals surface area contributed by atoms with Gasteiger partial charge in [-0.05, 0) is 30.7 Å². The van der Waals surface area contributed by atoms with Crippen molar-refractivity contribution in [1.82, 2.24) is 15.1 Å². The maximum absolute atomic E-state index is 5.38. The number of aryl methyl sites for hydroxylation is 1. The third-order valence-electron chi connectivity index (χ3n) is 3.43. The van der Waals surface area contributed by atoms with Crippen LogP contribution in [0.15, 0.2) is 41.1 Å². The zero-order valence-electron chi connectivity index (χ0n) is 12.9. The van der Waals surface area contributed by atoms with Crippen molar-refractivity contribution < 1.29 is 14.0 Å². The van der Waals surface area contributed by atoms with E-state index in [1.807, 2.05) is 25.1 Å². The van der Waals surface area contributed by atoms with Crippen LogP contribution >= 0.6 is 0 Å². The first-order valence-corrected chi connectivity index (χ1v) is 7.42. The minimum absolute atomic E-state index is 0.272. The molecule has 0 spiro atoms. The topological polar surface area (TPSA) is 94.3 Å². The van der Waals surface area contributed by atoms with E-state index in [-0.39, 0.29) is 6.79 Å². The maximum atomic E-state index is 5.38. The van der Waals surface area contributed by atoms with Crippen molar-refractivity contribution in [3.8, 4) is 11.5 Å². The number of ether oxygens (including phenoxy) is 2. The van der Waals surface area contributed by atoms with Gasteiger partial charge in [0.1, 0.15) is 11.6 Å². The van der Waals surface area contributed by atoms with Crippen LogP contribution in [0.2, 0.25) is 0 Å². The summed E-state index contributed by atoms with van der Waals surface area (Å²) < 4.78 is 15.7. The Labute approximate surface area is 137 Å². The van der Waals surface area contributed by atoms with Gasteiger partial charge in [-0.15, -0.1) is 0 Å². The molecule has 0 unspecified atom stereocenters. The highest BCUT2D eigenvalue weighted by molar-refractivity contribution is 5.50. The van der Waals surface area contributed by atoms with Crippen LogP contribution in [-0.2, 0) is 6.54 Å². The number of hydrogen-bond donors (Lipinski definition) is 2. The highest BCUT2D eigenvalue weighted by Gasteiger charge is 2.13. The Morgan fingerprint density at radius 2 is 2.00 bits per heavy atom. The Kier molecular flexibility index (Phi) is 3.62. The molecule has 0 atom stereocenters. The largest absolute Gasteiger partial charge is 0.454 e. The summed E-state index contributed by atoms with van der Waals surface area (Å²) in [7, 11) is 0. The fraction of sp³-hybridized carbons (Fsp3) is 0.188. The second-order valence-electron chi connectivity index (χ2n) is 5.25. The molecule has 24 heavy (non-hydrogen) atoms. The average molecular weight is 325 g/mol. The lowest BCUT2D eigenvalue weighted by molar-refractivity contribution is 0.174. The molecule has 1 aromatic carbocycles. The molecule has 0 amide bonds. The molecule has 2 aromatic heterocycles. The summed E-state index contributed by atoms with van der Waals surface area (Å²) in [4.78, 5) is 8.56. The first-order chi connectivity index (χ1) is 11.8. The van der Waals surface area contributed by atoms with E-state index in [0.717, 1.165) is 22.8 Å². The summed E-state index contributed by atoms with van der Waals surface area (Å²) in [6.07, 6.45) is 1.67. The number of fused-ring (bicyclic) bond motifs is 1. The summed E-state index contributed by atoms with van der Waals surface area (Å²) in [5.41, 5.74) is 1.07. The highest BCUT2D eigenvalue weighted by Crippen LogP contribution is 2.32. The van der Waals surface area contributed by atoms with E-state index < -0.39 is 0 Å². The number of nitrogens with zero attached hydrogens (tertiary/aromatic N) is 3. The predicted octanol–water partition coefficient (Wildman–Crippen LogP) is 2.86. The molecule has 3 aromatic rings. The number of anilines is 3. The van der Waals surface area contributed by atoms with Crippen LogP contribution in [0.25, 0.3) is 0 Å². The summed E-state index contributed by atoms with van der Waals surface area (Å²) in [5.74, 6) is 3.97. The summed E-state index contributed by atoms with van der Waals surface area (Å²) in [6.45, 7) is 2.70. The zero-order chi connectivity index (χ0) is 16.4. The van der Waals surface area contributed by atoms with Crippen LogP contribution in [0.1, 0.15) is 11.3 Å². The molecular formula is C16H15N5O3. The fourth-order valence-corrected chi connectivity index (χ4v) is 2.30. The van der Waals surface area contributed by atoms with E-state index in [4.69, 9.17) is 14.0 Å². The first-order valence-electron chi connectivity index (χ1n) is 7.42. The van der Waals surface area contributed by atoms with Crippen molar-refractivity contribution >= 4 is 17.6 Å². The molecule has 122 valence electrons. The Bertz CT molecular complexity index is 864. The van der Waals surface area contributed by atoms with Crippen LogP contribution in [0.5, 0.6) is 11.5 Å². The van der Waals surface area contributed by atoms with Crippen LogP contribution in [0.3, 0.4) is 0 Å². The Hall–Kier alpha value is -3.29. The van der Waals surface area contributed by atoms with E-state index in [1.165, 1.54) is 0 Å². The van der Waals surface area contributed by atoms with Gasteiger partial charge in [0.05, 0.1) is 0 Å². The van der Waals surface area contributed by atoms with Crippen LogP contribution < -0.4 is 20.1 Å². The molecule has 0 saturated heterocycles. The van der Waals surface area contributed by atoms with Crippen molar-refractivity contribution in [2.45, 2.75) is 13.5 Å². The third-order valence-corrected chi connectivity index (χ3v) is 3.43. The molecule has 0 radical (unpaired) electrons. The van der Waals surface area contributed by atoms with Gasteiger partial charge in [0.2, 0.25) is 12.7 Å². The van der Waals surface area contributed by atoms with E-state index in [1.54, 1.807) is 18.3 Å². The molecule has 1 aliphatic rings. The molecule has 3 heterocycles. The minimum atomic E-state index is 0.272. The predicted molar refractivity (Wildman–Crippen MR) is 86.4 cm³/mol. The van der Waals surface area contributed by atoms with Crippen molar-refractivity contribution in [1.29, 1.82) is 0 Å². The number of aromatic nitrogens is 3. The van der Waals surface area contributed by atoms with E-state index >= 15 is 0 Å². The van der Waals surface area contributed by atoms with Gasteiger partial charge in [0, 0.05) is 18.8 Å². The van der Waals surface area contributed by atoms with E-state index in [2.05, 4.69) is 25.8 Å². The smallest absolute Gasteiger partial charge is 0.231 e. The molecule has 8 nitrogen and oxygen atoms in total. The SMILES string of the molecule is Cc1cc(Nc2nccc(NCc3ccc4c(c3)OCO4)n2)no1. The lowest BCUT2D eigenvalue weighted by atomic mass is 10.2. The normalized spacial score (nSPS) is 12.2. The summed E-state index contributed by atoms with van der Waals surface area (Å²) in [5, 5.41) is 10.1. The van der Waals surface area contributed by atoms with E-state index in [9.17, 15) is 0 Å². The molecule has 8 heteroatoms. The number of rotatable bonds is 5. The van der Waals surface area contributed by atoms with E-state index in [0.29, 0.717) is 24.1 Å².